The van der Waals surface area contributed by atoms with Gasteiger partial charge in [-0.1, -0.05) is 12.8 Å². The van der Waals surface area contributed by atoms with Crippen LogP contribution >= 0.6 is 11.3 Å². The Balaban J connectivity index is 1.99. The van der Waals surface area contributed by atoms with Crippen LogP contribution in [0.1, 0.15) is 41.4 Å². The number of carboxylic acid groups (broad SMARTS) is 1. The molecule has 0 spiro atoms. The molecule has 1 atom stereocenters. The Morgan fingerprint density at radius 3 is 2.81 bits per heavy atom. The first-order valence-electron chi connectivity index (χ1n) is 5.74. The van der Waals surface area contributed by atoms with E-state index in [0.29, 0.717) is 12.3 Å². The maximum absolute atomic E-state index is 10.6. The lowest BCUT2D eigenvalue weighted by Gasteiger charge is -2.05. The van der Waals surface area contributed by atoms with E-state index in [1.165, 1.54) is 30.6 Å². The van der Waals surface area contributed by atoms with Crippen molar-refractivity contribution in [2.45, 2.75) is 44.1 Å². The minimum atomic E-state index is -0.921. The molecule has 1 heterocycles. The molecule has 3 N–H and O–H groups in total. The van der Waals surface area contributed by atoms with Gasteiger partial charge < -0.3 is 10.8 Å². The summed E-state index contributed by atoms with van der Waals surface area (Å²) in [6, 6.07) is 3.40. The fourth-order valence-corrected chi connectivity index (χ4v) is 3.48. The zero-order valence-electron chi connectivity index (χ0n) is 9.19. The molecule has 0 aliphatic heterocycles. The molecule has 1 aliphatic rings. The highest BCUT2D eigenvalue weighted by Crippen LogP contribution is 2.37. The number of carboxylic acids is 1. The van der Waals surface area contributed by atoms with Gasteiger partial charge in [0.25, 0.3) is 0 Å². The van der Waals surface area contributed by atoms with Crippen LogP contribution in [0.2, 0.25) is 0 Å². The first-order valence-corrected chi connectivity index (χ1v) is 6.55. The van der Waals surface area contributed by atoms with Crippen LogP contribution in [0.5, 0.6) is 0 Å². The largest absolute Gasteiger partial charge is 0.480 e. The standard InChI is InChI=1S/C12H17NO2S/c13-10(12(14)15)7-9-5-6-11(16-9)8-3-1-2-4-8/h5-6,8,10H,1-4,7,13H2,(H,14,15). The summed E-state index contributed by atoms with van der Waals surface area (Å²) in [4.78, 5) is 13.1. The number of carbonyl (C=O) groups is 1. The first-order chi connectivity index (χ1) is 7.66. The van der Waals surface area contributed by atoms with Gasteiger partial charge in [-0.25, -0.2) is 0 Å². The third-order valence-electron chi connectivity index (χ3n) is 3.18. The number of rotatable bonds is 4. The van der Waals surface area contributed by atoms with E-state index < -0.39 is 12.0 Å². The number of aliphatic carboxylic acids is 1. The maximum Gasteiger partial charge on any atom is 0.320 e. The van der Waals surface area contributed by atoms with Crippen LogP contribution in [-0.4, -0.2) is 17.1 Å². The molecule has 1 aromatic rings. The second kappa shape index (κ2) is 4.97. The molecule has 1 saturated carbocycles. The highest BCUT2D eigenvalue weighted by Gasteiger charge is 2.20. The molecule has 1 fully saturated rings. The van der Waals surface area contributed by atoms with Gasteiger partial charge in [-0.2, -0.15) is 0 Å². The highest BCUT2D eigenvalue weighted by atomic mass is 32.1. The Hall–Kier alpha value is -0.870. The number of hydrogen-bond donors (Lipinski definition) is 2. The molecule has 1 aliphatic carbocycles. The summed E-state index contributed by atoms with van der Waals surface area (Å²) in [5.41, 5.74) is 5.52. The van der Waals surface area contributed by atoms with Crippen molar-refractivity contribution in [2.75, 3.05) is 0 Å². The van der Waals surface area contributed by atoms with E-state index in [9.17, 15) is 4.79 Å². The molecule has 16 heavy (non-hydrogen) atoms. The molecule has 0 saturated heterocycles. The third kappa shape index (κ3) is 2.62. The van der Waals surface area contributed by atoms with Crippen LogP contribution in [-0.2, 0) is 11.2 Å². The van der Waals surface area contributed by atoms with Crippen molar-refractivity contribution in [3.8, 4) is 0 Å². The average molecular weight is 239 g/mol. The predicted octanol–water partition coefficient (Wildman–Crippen LogP) is 2.36. The minimum absolute atomic E-state index is 0.451. The molecule has 0 aromatic carbocycles. The van der Waals surface area contributed by atoms with Crippen molar-refractivity contribution in [1.82, 2.24) is 0 Å². The van der Waals surface area contributed by atoms with Gasteiger partial charge in [0.1, 0.15) is 6.04 Å². The summed E-state index contributed by atoms with van der Waals surface area (Å²) >= 11 is 1.73. The molecule has 2 rings (SSSR count). The van der Waals surface area contributed by atoms with Gasteiger partial charge >= 0.3 is 5.97 Å². The Morgan fingerprint density at radius 2 is 2.19 bits per heavy atom. The van der Waals surface area contributed by atoms with Crippen molar-refractivity contribution in [3.63, 3.8) is 0 Å². The Kier molecular flexibility index (Phi) is 3.61. The van der Waals surface area contributed by atoms with Gasteiger partial charge in [0.05, 0.1) is 0 Å². The Bertz CT molecular complexity index is 369. The van der Waals surface area contributed by atoms with Crippen molar-refractivity contribution in [2.24, 2.45) is 5.73 Å². The van der Waals surface area contributed by atoms with E-state index >= 15 is 0 Å². The third-order valence-corrected chi connectivity index (χ3v) is 4.45. The zero-order valence-corrected chi connectivity index (χ0v) is 10.0. The molecule has 0 bridgehead atoms. The molecule has 3 nitrogen and oxygen atoms in total. The van der Waals surface area contributed by atoms with E-state index in [2.05, 4.69) is 6.07 Å². The molecule has 1 unspecified atom stereocenters. The second-order valence-electron chi connectivity index (χ2n) is 4.43. The van der Waals surface area contributed by atoms with Crippen LogP contribution in [0.15, 0.2) is 12.1 Å². The van der Waals surface area contributed by atoms with Crippen molar-refractivity contribution >= 4 is 17.3 Å². The Morgan fingerprint density at radius 1 is 1.50 bits per heavy atom. The topological polar surface area (TPSA) is 63.3 Å². The minimum Gasteiger partial charge on any atom is -0.480 e. The summed E-state index contributed by atoms with van der Waals surface area (Å²) in [5.74, 6) is -0.212. The summed E-state index contributed by atoms with van der Waals surface area (Å²) in [6.45, 7) is 0. The smallest absolute Gasteiger partial charge is 0.320 e. The molecular formula is C12H17NO2S. The van der Waals surface area contributed by atoms with E-state index in [1.54, 1.807) is 11.3 Å². The van der Waals surface area contributed by atoms with Crippen LogP contribution in [0, 0.1) is 0 Å². The van der Waals surface area contributed by atoms with E-state index in [0.717, 1.165) is 4.88 Å². The van der Waals surface area contributed by atoms with E-state index in [1.807, 2.05) is 6.07 Å². The van der Waals surface area contributed by atoms with Crippen molar-refractivity contribution in [1.29, 1.82) is 0 Å². The molecule has 88 valence electrons. The van der Waals surface area contributed by atoms with Crippen molar-refractivity contribution in [3.05, 3.63) is 21.9 Å². The van der Waals surface area contributed by atoms with Crippen LogP contribution in [0.3, 0.4) is 0 Å². The summed E-state index contributed by atoms with van der Waals surface area (Å²) in [7, 11) is 0. The highest BCUT2D eigenvalue weighted by molar-refractivity contribution is 7.12. The lowest BCUT2D eigenvalue weighted by atomic mass is 10.1. The quantitative estimate of drug-likeness (QED) is 0.847. The van der Waals surface area contributed by atoms with Gasteiger partial charge in [0.2, 0.25) is 0 Å². The van der Waals surface area contributed by atoms with Gasteiger partial charge in [-0.05, 0) is 30.9 Å². The average Bonchev–Trinajstić information content (AvgIpc) is 2.85. The predicted molar refractivity (Wildman–Crippen MR) is 64.8 cm³/mol. The molecule has 1 aromatic heterocycles. The van der Waals surface area contributed by atoms with Gasteiger partial charge in [-0.15, -0.1) is 11.3 Å². The second-order valence-corrected chi connectivity index (χ2v) is 5.63. The summed E-state index contributed by atoms with van der Waals surface area (Å²) in [6.07, 6.45) is 5.67. The lowest BCUT2D eigenvalue weighted by Crippen LogP contribution is -2.31. The zero-order chi connectivity index (χ0) is 11.5. The van der Waals surface area contributed by atoms with Gasteiger partial charge in [0, 0.05) is 16.2 Å². The monoisotopic (exact) mass is 239 g/mol. The first kappa shape index (κ1) is 11.6. The molecule has 0 amide bonds. The van der Waals surface area contributed by atoms with Gasteiger partial charge in [0.15, 0.2) is 0 Å². The fourth-order valence-electron chi connectivity index (χ4n) is 2.24. The number of thiophene rings is 1. The van der Waals surface area contributed by atoms with Crippen LogP contribution in [0.4, 0.5) is 0 Å². The van der Waals surface area contributed by atoms with Crippen molar-refractivity contribution < 1.29 is 9.90 Å². The van der Waals surface area contributed by atoms with Crippen LogP contribution in [0.25, 0.3) is 0 Å². The van der Waals surface area contributed by atoms with E-state index in [-0.39, 0.29) is 0 Å². The maximum atomic E-state index is 10.6. The molecular weight excluding hydrogens is 222 g/mol. The number of hydrogen-bond acceptors (Lipinski definition) is 3. The lowest BCUT2D eigenvalue weighted by molar-refractivity contribution is -0.138. The van der Waals surface area contributed by atoms with Gasteiger partial charge in [-0.3, -0.25) is 4.79 Å². The van der Waals surface area contributed by atoms with E-state index in [4.69, 9.17) is 10.8 Å². The normalized spacial score (nSPS) is 18.8. The van der Waals surface area contributed by atoms with Crippen LogP contribution < -0.4 is 5.73 Å². The molecule has 0 radical (unpaired) electrons. The SMILES string of the molecule is NC(Cc1ccc(C2CCCC2)s1)C(=O)O. The Labute approximate surface area is 99.3 Å². The number of nitrogens with two attached hydrogens (primary N) is 1. The summed E-state index contributed by atoms with van der Waals surface area (Å²) < 4.78 is 0. The fraction of sp³-hybridized carbons (Fsp3) is 0.583. The molecule has 4 heteroatoms. The summed E-state index contributed by atoms with van der Waals surface area (Å²) in [5, 5.41) is 8.74.